The van der Waals surface area contributed by atoms with Crippen molar-refractivity contribution in [3.63, 3.8) is 0 Å². The van der Waals surface area contributed by atoms with Crippen LogP contribution in [0.3, 0.4) is 0 Å². The second-order valence-electron chi connectivity index (χ2n) is 3.33. The minimum Gasteiger partial charge on any atom is -0.251 e. The number of pyridine rings is 2. The van der Waals surface area contributed by atoms with Gasteiger partial charge in [0.1, 0.15) is 0 Å². The summed E-state index contributed by atoms with van der Waals surface area (Å²) in [6.07, 6.45) is 0. The van der Waals surface area contributed by atoms with E-state index in [0.717, 1.165) is 22.8 Å². The molecule has 18 heavy (non-hydrogen) atoms. The predicted molar refractivity (Wildman–Crippen MR) is 79.6 cm³/mol. The second-order valence-corrected chi connectivity index (χ2v) is 3.33. The van der Waals surface area contributed by atoms with E-state index in [1.807, 2.05) is 77.9 Å². The van der Waals surface area contributed by atoms with Crippen LogP contribution in [0.5, 0.6) is 0 Å². The van der Waals surface area contributed by atoms with E-state index in [1.54, 1.807) is 0 Å². The molecular formula is C16H24N2. The summed E-state index contributed by atoms with van der Waals surface area (Å²) in [6, 6.07) is 11.9. The largest absolute Gasteiger partial charge is 0.251 e. The molecular weight excluding hydrogens is 220 g/mol. The molecule has 2 heteroatoms. The van der Waals surface area contributed by atoms with Gasteiger partial charge in [0.2, 0.25) is 0 Å². The second kappa shape index (κ2) is 9.34. The topological polar surface area (TPSA) is 25.8 Å². The molecule has 2 aromatic heterocycles. The van der Waals surface area contributed by atoms with Gasteiger partial charge in [-0.05, 0) is 38.1 Å². The van der Waals surface area contributed by atoms with Crippen LogP contribution in [0.2, 0.25) is 0 Å². The predicted octanol–water partition coefficient (Wildman–Crippen LogP) is 4.81. The van der Waals surface area contributed by atoms with E-state index in [0.29, 0.717) is 0 Å². The fourth-order valence-corrected chi connectivity index (χ4v) is 1.37. The van der Waals surface area contributed by atoms with Crippen LogP contribution in [0, 0.1) is 13.8 Å². The highest BCUT2D eigenvalue weighted by Crippen LogP contribution is 2.14. The van der Waals surface area contributed by atoms with Crippen molar-refractivity contribution in [2.45, 2.75) is 41.5 Å². The van der Waals surface area contributed by atoms with Gasteiger partial charge < -0.3 is 0 Å². The summed E-state index contributed by atoms with van der Waals surface area (Å²) in [5.41, 5.74) is 3.92. The van der Waals surface area contributed by atoms with Crippen LogP contribution in [0.1, 0.15) is 39.1 Å². The normalized spacial score (nSPS) is 8.56. The number of aromatic nitrogens is 2. The fraction of sp³-hybridized carbons (Fsp3) is 0.375. The fourth-order valence-electron chi connectivity index (χ4n) is 1.37. The van der Waals surface area contributed by atoms with E-state index < -0.39 is 0 Å². The Morgan fingerprint density at radius 3 is 1.22 bits per heavy atom. The summed E-state index contributed by atoms with van der Waals surface area (Å²) < 4.78 is 0. The lowest BCUT2D eigenvalue weighted by Crippen LogP contribution is -1.90. The molecule has 2 heterocycles. The molecule has 0 amide bonds. The van der Waals surface area contributed by atoms with Crippen LogP contribution in [-0.2, 0) is 0 Å². The molecule has 0 aliphatic carbocycles. The molecule has 0 aliphatic rings. The van der Waals surface area contributed by atoms with Crippen molar-refractivity contribution in [2.24, 2.45) is 0 Å². The summed E-state index contributed by atoms with van der Waals surface area (Å²) in [4.78, 5) is 8.84. The lowest BCUT2D eigenvalue weighted by molar-refractivity contribution is 1.15. The Morgan fingerprint density at radius 1 is 0.611 bits per heavy atom. The first-order chi connectivity index (χ1) is 8.75. The Bertz CT molecular complexity index is 407. The molecule has 0 fully saturated rings. The van der Waals surface area contributed by atoms with Gasteiger partial charge in [0.05, 0.1) is 11.4 Å². The molecule has 0 atom stereocenters. The van der Waals surface area contributed by atoms with E-state index in [4.69, 9.17) is 0 Å². The number of hydrogen-bond acceptors (Lipinski definition) is 2. The SMILES string of the molecule is CC.CC.Cc1cccc(-c2cccc(C)n2)n1. The molecule has 2 nitrogen and oxygen atoms in total. The first kappa shape index (κ1) is 16.3. The van der Waals surface area contributed by atoms with E-state index in [-0.39, 0.29) is 0 Å². The average Bonchev–Trinajstić information content (AvgIpc) is 2.43. The highest BCUT2D eigenvalue weighted by molar-refractivity contribution is 5.54. The number of hydrogen-bond donors (Lipinski definition) is 0. The monoisotopic (exact) mass is 244 g/mol. The molecule has 98 valence electrons. The third-order valence-electron chi connectivity index (χ3n) is 2.04. The van der Waals surface area contributed by atoms with E-state index in [1.165, 1.54) is 0 Å². The van der Waals surface area contributed by atoms with Crippen LogP contribution in [0.15, 0.2) is 36.4 Å². The summed E-state index contributed by atoms with van der Waals surface area (Å²) >= 11 is 0. The van der Waals surface area contributed by atoms with Crippen LogP contribution in [0.4, 0.5) is 0 Å². The van der Waals surface area contributed by atoms with Gasteiger partial charge in [-0.1, -0.05) is 39.8 Å². The zero-order valence-electron chi connectivity index (χ0n) is 12.4. The molecule has 0 aliphatic heterocycles. The highest BCUT2D eigenvalue weighted by atomic mass is 14.8. The number of aryl methyl sites for hydroxylation is 2. The van der Waals surface area contributed by atoms with E-state index in [9.17, 15) is 0 Å². The lowest BCUT2D eigenvalue weighted by Gasteiger charge is -2.01. The number of nitrogens with zero attached hydrogens (tertiary/aromatic N) is 2. The molecule has 0 saturated carbocycles. The molecule has 2 aromatic rings. The zero-order valence-corrected chi connectivity index (χ0v) is 12.4. The van der Waals surface area contributed by atoms with Crippen molar-refractivity contribution >= 4 is 0 Å². The molecule has 2 rings (SSSR count). The van der Waals surface area contributed by atoms with Gasteiger partial charge in [-0.3, -0.25) is 9.97 Å². The van der Waals surface area contributed by atoms with E-state index in [2.05, 4.69) is 9.97 Å². The van der Waals surface area contributed by atoms with Gasteiger partial charge in [0.15, 0.2) is 0 Å². The summed E-state index contributed by atoms with van der Waals surface area (Å²) in [6.45, 7) is 12.0. The maximum absolute atomic E-state index is 4.42. The van der Waals surface area contributed by atoms with Gasteiger partial charge in [-0.2, -0.15) is 0 Å². The molecule has 0 unspecified atom stereocenters. The Hall–Kier alpha value is -1.70. The molecule has 0 N–H and O–H groups in total. The van der Waals surface area contributed by atoms with Crippen molar-refractivity contribution in [1.82, 2.24) is 9.97 Å². The Balaban J connectivity index is 0.000000659. The maximum Gasteiger partial charge on any atom is 0.0889 e. The van der Waals surface area contributed by atoms with Crippen molar-refractivity contribution in [1.29, 1.82) is 0 Å². The average molecular weight is 244 g/mol. The van der Waals surface area contributed by atoms with Gasteiger partial charge in [0.25, 0.3) is 0 Å². The van der Waals surface area contributed by atoms with Crippen LogP contribution < -0.4 is 0 Å². The van der Waals surface area contributed by atoms with Gasteiger partial charge in [0, 0.05) is 11.4 Å². The quantitative estimate of drug-likeness (QED) is 0.719. The Kier molecular flexibility index (Phi) is 8.46. The minimum atomic E-state index is 0.939. The van der Waals surface area contributed by atoms with E-state index >= 15 is 0 Å². The van der Waals surface area contributed by atoms with Crippen LogP contribution >= 0.6 is 0 Å². The molecule has 0 bridgehead atoms. The lowest BCUT2D eigenvalue weighted by atomic mass is 10.2. The van der Waals surface area contributed by atoms with Gasteiger partial charge in [-0.15, -0.1) is 0 Å². The first-order valence-corrected chi connectivity index (χ1v) is 6.63. The highest BCUT2D eigenvalue weighted by Gasteiger charge is 1.99. The third kappa shape index (κ3) is 5.09. The minimum absolute atomic E-state index is 0.939. The number of rotatable bonds is 1. The first-order valence-electron chi connectivity index (χ1n) is 6.63. The van der Waals surface area contributed by atoms with Crippen LogP contribution in [0.25, 0.3) is 11.4 Å². The van der Waals surface area contributed by atoms with Gasteiger partial charge in [-0.25, -0.2) is 0 Å². The maximum atomic E-state index is 4.42. The summed E-state index contributed by atoms with van der Waals surface area (Å²) in [5, 5.41) is 0. The zero-order chi connectivity index (χ0) is 14.0. The van der Waals surface area contributed by atoms with Crippen LogP contribution in [-0.4, -0.2) is 9.97 Å². The van der Waals surface area contributed by atoms with Crippen molar-refractivity contribution in [3.05, 3.63) is 47.8 Å². The molecule has 0 saturated heterocycles. The standard InChI is InChI=1S/C12H12N2.2C2H6/c1-9-5-3-7-11(13-9)12-8-4-6-10(2)14-12;2*1-2/h3-8H,1-2H3;2*1-2H3. The van der Waals surface area contributed by atoms with Crippen molar-refractivity contribution in [2.75, 3.05) is 0 Å². The van der Waals surface area contributed by atoms with Crippen molar-refractivity contribution in [3.8, 4) is 11.4 Å². The summed E-state index contributed by atoms with van der Waals surface area (Å²) in [5.74, 6) is 0. The molecule has 0 aromatic carbocycles. The van der Waals surface area contributed by atoms with Gasteiger partial charge >= 0.3 is 0 Å². The Labute approximate surface area is 111 Å². The third-order valence-corrected chi connectivity index (χ3v) is 2.04. The Morgan fingerprint density at radius 2 is 0.944 bits per heavy atom. The smallest absolute Gasteiger partial charge is 0.0889 e. The molecule has 0 radical (unpaired) electrons. The van der Waals surface area contributed by atoms with Crippen molar-refractivity contribution < 1.29 is 0 Å². The molecule has 0 spiro atoms. The summed E-state index contributed by atoms with van der Waals surface area (Å²) in [7, 11) is 0.